The lowest BCUT2D eigenvalue weighted by molar-refractivity contribution is 0.163. The van der Waals surface area contributed by atoms with E-state index in [2.05, 4.69) is 11.4 Å². The first-order valence-corrected chi connectivity index (χ1v) is 6.13. The van der Waals surface area contributed by atoms with Gasteiger partial charge in [-0.25, -0.2) is 0 Å². The van der Waals surface area contributed by atoms with E-state index in [9.17, 15) is 5.11 Å². The lowest BCUT2D eigenvalue weighted by Crippen LogP contribution is -2.45. The molecule has 17 heavy (non-hydrogen) atoms. The predicted octanol–water partition coefficient (Wildman–Crippen LogP) is 1.95. The molecule has 1 aromatic rings. The van der Waals surface area contributed by atoms with Crippen LogP contribution in [0.15, 0.2) is 24.3 Å². The third-order valence-corrected chi connectivity index (χ3v) is 3.59. The summed E-state index contributed by atoms with van der Waals surface area (Å²) in [5.41, 5.74) is 1.69. The van der Waals surface area contributed by atoms with Crippen molar-refractivity contribution in [1.29, 1.82) is 5.26 Å². The Hall–Kier alpha value is -1.37. The van der Waals surface area contributed by atoms with Crippen molar-refractivity contribution in [3.63, 3.8) is 0 Å². The molecule has 2 N–H and O–H groups in total. The van der Waals surface area contributed by atoms with Crippen LogP contribution in [0.5, 0.6) is 0 Å². The average molecular weight is 230 g/mol. The number of hydrogen-bond acceptors (Lipinski definition) is 3. The minimum absolute atomic E-state index is 0.0946. The van der Waals surface area contributed by atoms with Crippen molar-refractivity contribution >= 4 is 0 Å². The molecular formula is C14H18N2O. The normalized spacial score (nSPS) is 17.9. The van der Waals surface area contributed by atoms with Crippen molar-refractivity contribution in [2.75, 3.05) is 6.61 Å². The summed E-state index contributed by atoms with van der Waals surface area (Å²) in [6, 6.07) is 9.75. The van der Waals surface area contributed by atoms with Crippen LogP contribution >= 0.6 is 0 Å². The topological polar surface area (TPSA) is 56.0 Å². The van der Waals surface area contributed by atoms with Crippen LogP contribution < -0.4 is 5.32 Å². The smallest absolute Gasteiger partial charge is 0.0991 e. The van der Waals surface area contributed by atoms with Gasteiger partial charge in [-0.1, -0.05) is 25.0 Å². The van der Waals surface area contributed by atoms with Crippen LogP contribution in [0.3, 0.4) is 0 Å². The summed E-state index contributed by atoms with van der Waals surface area (Å²) in [7, 11) is 0. The van der Waals surface area contributed by atoms with Crippen LogP contribution in [-0.2, 0) is 6.54 Å². The highest BCUT2D eigenvalue weighted by molar-refractivity contribution is 5.32. The van der Waals surface area contributed by atoms with Gasteiger partial charge in [-0.15, -0.1) is 0 Å². The molecule has 90 valence electrons. The van der Waals surface area contributed by atoms with E-state index in [1.165, 1.54) is 12.8 Å². The fourth-order valence-electron chi connectivity index (χ4n) is 2.48. The minimum Gasteiger partial charge on any atom is -0.394 e. The maximum Gasteiger partial charge on any atom is 0.0991 e. The summed E-state index contributed by atoms with van der Waals surface area (Å²) in [6.07, 6.45) is 4.46. The maximum atomic E-state index is 9.48. The molecule has 1 fully saturated rings. The highest BCUT2D eigenvalue weighted by Gasteiger charge is 2.32. The second kappa shape index (κ2) is 5.31. The third-order valence-electron chi connectivity index (χ3n) is 3.59. The Morgan fingerprint density at radius 2 is 2.12 bits per heavy atom. The summed E-state index contributed by atoms with van der Waals surface area (Å²) >= 11 is 0. The number of rotatable bonds is 4. The van der Waals surface area contributed by atoms with Crippen molar-refractivity contribution in [2.45, 2.75) is 37.8 Å². The quantitative estimate of drug-likeness (QED) is 0.831. The van der Waals surface area contributed by atoms with Crippen LogP contribution in [0.2, 0.25) is 0 Å². The molecule has 0 spiro atoms. The zero-order valence-electron chi connectivity index (χ0n) is 9.95. The molecule has 0 aromatic heterocycles. The highest BCUT2D eigenvalue weighted by atomic mass is 16.3. The number of nitrogens with zero attached hydrogens (tertiary/aromatic N) is 1. The molecule has 0 unspecified atom stereocenters. The van der Waals surface area contributed by atoms with Gasteiger partial charge in [0.2, 0.25) is 0 Å². The first-order valence-electron chi connectivity index (χ1n) is 6.13. The summed E-state index contributed by atoms with van der Waals surface area (Å²) in [4.78, 5) is 0. The molecule has 0 saturated heterocycles. The summed E-state index contributed by atoms with van der Waals surface area (Å²) in [5, 5.41) is 21.8. The van der Waals surface area contributed by atoms with Gasteiger partial charge < -0.3 is 10.4 Å². The number of hydrogen-bond donors (Lipinski definition) is 2. The molecule has 0 heterocycles. The van der Waals surface area contributed by atoms with Crippen molar-refractivity contribution in [2.24, 2.45) is 0 Å². The Morgan fingerprint density at radius 1 is 1.35 bits per heavy atom. The fraction of sp³-hybridized carbons (Fsp3) is 0.500. The van der Waals surface area contributed by atoms with Crippen molar-refractivity contribution in [3.05, 3.63) is 35.4 Å². The molecule has 2 rings (SSSR count). The van der Waals surface area contributed by atoms with Crippen LogP contribution in [0.4, 0.5) is 0 Å². The molecule has 3 nitrogen and oxygen atoms in total. The molecule has 1 saturated carbocycles. The summed E-state index contributed by atoms with van der Waals surface area (Å²) in [5.74, 6) is 0. The van der Waals surface area contributed by atoms with Gasteiger partial charge in [-0.3, -0.25) is 0 Å². The monoisotopic (exact) mass is 230 g/mol. The van der Waals surface area contributed by atoms with Crippen molar-refractivity contribution in [3.8, 4) is 6.07 Å². The van der Waals surface area contributed by atoms with E-state index < -0.39 is 0 Å². The van der Waals surface area contributed by atoms with Crippen LogP contribution in [0.25, 0.3) is 0 Å². The zero-order valence-corrected chi connectivity index (χ0v) is 9.95. The maximum absolute atomic E-state index is 9.48. The number of nitrogens with one attached hydrogen (secondary N) is 1. The van der Waals surface area contributed by atoms with Crippen LogP contribution in [0, 0.1) is 11.3 Å². The van der Waals surface area contributed by atoms with Gasteiger partial charge in [0.25, 0.3) is 0 Å². The van der Waals surface area contributed by atoms with Gasteiger partial charge in [-0.2, -0.15) is 5.26 Å². The first kappa shape index (κ1) is 12.1. The van der Waals surface area contributed by atoms with E-state index in [1.807, 2.05) is 18.2 Å². The van der Waals surface area contributed by atoms with Gasteiger partial charge in [0, 0.05) is 12.1 Å². The van der Waals surface area contributed by atoms with Crippen LogP contribution in [-0.4, -0.2) is 17.3 Å². The van der Waals surface area contributed by atoms with Crippen molar-refractivity contribution in [1.82, 2.24) is 5.32 Å². The number of aliphatic hydroxyl groups excluding tert-OH is 1. The molecule has 0 radical (unpaired) electrons. The Kier molecular flexibility index (Phi) is 3.78. The molecule has 0 aliphatic heterocycles. The van der Waals surface area contributed by atoms with E-state index in [0.29, 0.717) is 5.56 Å². The molecule has 1 aromatic carbocycles. The molecule has 1 aliphatic rings. The average Bonchev–Trinajstić information content (AvgIpc) is 2.86. The van der Waals surface area contributed by atoms with E-state index in [0.717, 1.165) is 24.9 Å². The Balaban J connectivity index is 1.99. The van der Waals surface area contributed by atoms with Gasteiger partial charge in [-0.05, 0) is 30.5 Å². The second-order valence-corrected chi connectivity index (χ2v) is 4.81. The van der Waals surface area contributed by atoms with Gasteiger partial charge >= 0.3 is 0 Å². The van der Waals surface area contributed by atoms with E-state index in [-0.39, 0.29) is 12.1 Å². The molecule has 0 atom stereocenters. The number of aliphatic hydroxyl groups is 1. The molecule has 3 heteroatoms. The molecule has 1 aliphatic carbocycles. The van der Waals surface area contributed by atoms with E-state index in [1.54, 1.807) is 6.07 Å². The summed E-state index contributed by atoms with van der Waals surface area (Å²) < 4.78 is 0. The van der Waals surface area contributed by atoms with Gasteiger partial charge in [0.1, 0.15) is 0 Å². The largest absolute Gasteiger partial charge is 0.394 e. The molecule has 0 amide bonds. The second-order valence-electron chi connectivity index (χ2n) is 4.81. The lowest BCUT2D eigenvalue weighted by atomic mass is 9.98. The van der Waals surface area contributed by atoms with Gasteiger partial charge in [0.05, 0.1) is 18.2 Å². The Bertz CT molecular complexity index is 416. The van der Waals surface area contributed by atoms with E-state index >= 15 is 0 Å². The first-order chi connectivity index (χ1) is 8.28. The molecule has 0 bridgehead atoms. The third kappa shape index (κ3) is 2.85. The van der Waals surface area contributed by atoms with Crippen LogP contribution in [0.1, 0.15) is 36.8 Å². The Labute approximate surface area is 102 Å². The van der Waals surface area contributed by atoms with Crippen molar-refractivity contribution < 1.29 is 5.11 Å². The SMILES string of the molecule is N#Cc1cccc(CNC2(CO)CCCC2)c1. The number of nitriles is 1. The predicted molar refractivity (Wildman–Crippen MR) is 66.3 cm³/mol. The lowest BCUT2D eigenvalue weighted by Gasteiger charge is -2.28. The number of benzene rings is 1. The minimum atomic E-state index is -0.0946. The summed E-state index contributed by atoms with van der Waals surface area (Å²) in [6.45, 7) is 0.918. The standard InChI is InChI=1S/C14H18N2O/c15-9-12-4-3-5-13(8-12)10-16-14(11-17)6-1-2-7-14/h3-5,8,16-17H,1-2,6-7,10-11H2. The van der Waals surface area contributed by atoms with Gasteiger partial charge in [0.15, 0.2) is 0 Å². The molecular weight excluding hydrogens is 212 g/mol. The van der Waals surface area contributed by atoms with E-state index in [4.69, 9.17) is 5.26 Å². The zero-order chi connectivity index (χ0) is 12.1. The highest BCUT2D eigenvalue weighted by Crippen LogP contribution is 2.29. The Morgan fingerprint density at radius 3 is 2.76 bits per heavy atom. The fourth-order valence-corrected chi connectivity index (χ4v) is 2.48.